The number of hydrogen-bond donors (Lipinski definition) is 2. The van der Waals surface area contributed by atoms with Crippen molar-refractivity contribution >= 4 is 11.9 Å². The molecule has 8 heteroatoms. The summed E-state index contributed by atoms with van der Waals surface area (Å²) in [6.07, 6.45) is 0. The molecule has 0 unspecified atom stereocenters. The summed E-state index contributed by atoms with van der Waals surface area (Å²) in [5.41, 5.74) is 1.20. The zero-order chi connectivity index (χ0) is 25.1. The van der Waals surface area contributed by atoms with Crippen LogP contribution < -0.4 is 19.5 Å². The number of rotatable bonds is 14. The van der Waals surface area contributed by atoms with Crippen molar-refractivity contribution in [3.05, 3.63) is 53.6 Å². The molecule has 34 heavy (non-hydrogen) atoms. The summed E-state index contributed by atoms with van der Waals surface area (Å²) < 4.78 is 17.2. The maximum absolute atomic E-state index is 12.4. The standard InChI is InChI=1S/C26H36N2O6/c1-18(2)25(29)28(19(3)4)12-13-32-22-10-11-23(26(30)31)24(16-22)34-15-14-33-21-8-6-20(7-9-21)17-27-5/h6-11,16,18-19,27H,12-15,17H2,1-5H3,(H,30,31). The molecule has 0 saturated heterocycles. The molecule has 0 bridgehead atoms. The fourth-order valence-electron chi connectivity index (χ4n) is 3.32. The van der Waals surface area contributed by atoms with E-state index in [1.807, 2.05) is 59.0 Å². The fourth-order valence-corrected chi connectivity index (χ4v) is 3.32. The normalized spacial score (nSPS) is 10.9. The van der Waals surface area contributed by atoms with Gasteiger partial charge in [-0.15, -0.1) is 0 Å². The molecule has 0 heterocycles. The van der Waals surface area contributed by atoms with Crippen molar-refractivity contribution in [2.45, 2.75) is 40.3 Å². The minimum absolute atomic E-state index is 0.0440. The maximum Gasteiger partial charge on any atom is 0.339 e. The zero-order valence-electron chi connectivity index (χ0n) is 20.7. The molecule has 0 spiro atoms. The highest BCUT2D eigenvalue weighted by Crippen LogP contribution is 2.25. The Bertz CT molecular complexity index is 927. The zero-order valence-corrected chi connectivity index (χ0v) is 20.7. The van der Waals surface area contributed by atoms with Crippen LogP contribution in [-0.2, 0) is 11.3 Å². The Hall–Kier alpha value is -3.26. The summed E-state index contributed by atoms with van der Waals surface area (Å²) in [5, 5.41) is 12.6. The number of carboxylic acid groups (broad SMARTS) is 1. The lowest BCUT2D eigenvalue weighted by atomic mass is 10.1. The number of hydrogen-bond acceptors (Lipinski definition) is 6. The lowest BCUT2D eigenvalue weighted by Crippen LogP contribution is -2.42. The van der Waals surface area contributed by atoms with E-state index in [1.54, 1.807) is 17.0 Å². The second kappa shape index (κ2) is 13.4. The van der Waals surface area contributed by atoms with Gasteiger partial charge < -0.3 is 29.5 Å². The first-order valence-electron chi connectivity index (χ1n) is 11.5. The van der Waals surface area contributed by atoms with Gasteiger partial charge in [0.1, 0.15) is 42.6 Å². The van der Waals surface area contributed by atoms with E-state index in [4.69, 9.17) is 14.2 Å². The molecule has 2 aromatic carbocycles. The molecular weight excluding hydrogens is 436 g/mol. The predicted molar refractivity (Wildman–Crippen MR) is 131 cm³/mol. The molecule has 0 aliphatic rings. The smallest absolute Gasteiger partial charge is 0.339 e. The summed E-state index contributed by atoms with van der Waals surface area (Å²) in [5.74, 6) is 0.283. The van der Waals surface area contributed by atoms with Crippen LogP contribution in [0.25, 0.3) is 0 Å². The molecule has 0 radical (unpaired) electrons. The van der Waals surface area contributed by atoms with Crippen molar-refractivity contribution in [2.75, 3.05) is 33.4 Å². The lowest BCUT2D eigenvalue weighted by Gasteiger charge is -2.28. The first-order chi connectivity index (χ1) is 16.2. The topological polar surface area (TPSA) is 97.3 Å². The van der Waals surface area contributed by atoms with E-state index in [1.165, 1.54) is 6.07 Å². The van der Waals surface area contributed by atoms with Gasteiger partial charge in [-0.05, 0) is 50.7 Å². The van der Waals surface area contributed by atoms with Crippen molar-refractivity contribution in [1.29, 1.82) is 0 Å². The van der Waals surface area contributed by atoms with Gasteiger partial charge in [-0.25, -0.2) is 4.79 Å². The van der Waals surface area contributed by atoms with Crippen LogP contribution in [0, 0.1) is 5.92 Å². The number of ether oxygens (including phenoxy) is 3. The van der Waals surface area contributed by atoms with Crippen molar-refractivity contribution in [1.82, 2.24) is 10.2 Å². The first-order valence-corrected chi connectivity index (χ1v) is 11.5. The molecule has 2 aromatic rings. The van der Waals surface area contributed by atoms with E-state index in [0.717, 1.165) is 12.1 Å². The second-order valence-corrected chi connectivity index (χ2v) is 8.46. The minimum atomic E-state index is -1.09. The maximum atomic E-state index is 12.4. The number of aromatic carboxylic acids is 1. The average Bonchev–Trinajstić information content (AvgIpc) is 2.80. The van der Waals surface area contributed by atoms with E-state index < -0.39 is 5.97 Å². The van der Waals surface area contributed by atoms with E-state index in [9.17, 15) is 14.7 Å². The molecule has 2 rings (SSSR count). The highest BCUT2D eigenvalue weighted by molar-refractivity contribution is 5.91. The molecule has 1 amide bonds. The summed E-state index contributed by atoms with van der Waals surface area (Å²) in [4.78, 5) is 25.7. The largest absolute Gasteiger partial charge is 0.492 e. The van der Waals surface area contributed by atoms with Gasteiger partial charge >= 0.3 is 5.97 Å². The molecule has 8 nitrogen and oxygen atoms in total. The van der Waals surface area contributed by atoms with Crippen LogP contribution in [0.4, 0.5) is 0 Å². The Morgan fingerprint density at radius 1 is 0.912 bits per heavy atom. The van der Waals surface area contributed by atoms with E-state index in [0.29, 0.717) is 18.0 Å². The quantitative estimate of drug-likeness (QED) is 0.403. The second-order valence-electron chi connectivity index (χ2n) is 8.46. The number of nitrogens with one attached hydrogen (secondary N) is 1. The molecule has 0 aliphatic heterocycles. The fraction of sp³-hybridized carbons (Fsp3) is 0.462. The molecule has 0 atom stereocenters. The van der Waals surface area contributed by atoms with Crippen LogP contribution in [0.5, 0.6) is 17.2 Å². The van der Waals surface area contributed by atoms with Crippen LogP contribution in [0.2, 0.25) is 0 Å². The third-order valence-corrected chi connectivity index (χ3v) is 5.10. The first kappa shape index (κ1) is 27.0. The van der Waals surface area contributed by atoms with Gasteiger partial charge in [0.05, 0.1) is 6.54 Å². The van der Waals surface area contributed by atoms with Crippen LogP contribution in [0.1, 0.15) is 43.6 Å². The number of carboxylic acids is 1. The molecule has 0 aliphatic carbocycles. The Kier molecular flexibility index (Phi) is 10.7. The molecule has 2 N–H and O–H groups in total. The average molecular weight is 473 g/mol. The molecule has 0 aromatic heterocycles. The van der Waals surface area contributed by atoms with Gasteiger partial charge in [-0.3, -0.25) is 4.79 Å². The summed E-state index contributed by atoms with van der Waals surface area (Å²) in [7, 11) is 1.89. The van der Waals surface area contributed by atoms with Gasteiger partial charge in [0.15, 0.2) is 0 Å². The molecular formula is C26H36N2O6. The lowest BCUT2D eigenvalue weighted by molar-refractivity contribution is -0.136. The Morgan fingerprint density at radius 2 is 1.53 bits per heavy atom. The van der Waals surface area contributed by atoms with Crippen molar-refractivity contribution < 1.29 is 28.9 Å². The summed E-state index contributed by atoms with van der Waals surface area (Å²) in [6.45, 7) is 9.61. The number of nitrogens with zero attached hydrogens (tertiary/aromatic N) is 1. The molecule has 0 saturated carbocycles. The van der Waals surface area contributed by atoms with E-state index in [-0.39, 0.29) is 49.0 Å². The van der Waals surface area contributed by atoms with Crippen LogP contribution in [0.3, 0.4) is 0 Å². The van der Waals surface area contributed by atoms with Gasteiger partial charge in [0, 0.05) is 24.6 Å². The highest BCUT2D eigenvalue weighted by Gasteiger charge is 2.20. The monoisotopic (exact) mass is 472 g/mol. The van der Waals surface area contributed by atoms with Crippen molar-refractivity contribution in [3.63, 3.8) is 0 Å². The third-order valence-electron chi connectivity index (χ3n) is 5.10. The van der Waals surface area contributed by atoms with Crippen LogP contribution >= 0.6 is 0 Å². The van der Waals surface area contributed by atoms with Crippen molar-refractivity contribution in [3.8, 4) is 17.2 Å². The van der Waals surface area contributed by atoms with E-state index >= 15 is 0 Å². The van der Waals surface area contributed by atoms with Crippen LogP contribution in [-0.4, -0.2) is 61.3 Å². The predicted octanol–water partition coefficient (Wildman–Crippen LogP) is 3.83. The Labute approximate surface area is 201 Å². The van der Waals surface area contributed by atoms with Gasteiger partial charge in [-0.2, -0.15) is 0 Å². The summed E-state index contributed by atoms with van der Waals surface area (Å²) >= 11 is 0. The van der Waals surface area contributed by atoms with Gasteiger partial charge in [-0.1, -0.05) is 26.0 Å². The number of benzene rings is 2. The van der Waals surface area contributed by atoms with Gasteiger partial charge in [0.25, 0.3) is 0 Å². The van der Waals surface area contributed by atoms with Crippen LogP contribution in [0.15, 0.2) is 42.5 Å². The minimum Gasteiger partial charge on any atom is -0.492 e. The third kappa shape index (κ3) is 8.26. The van der Waals surface area contributed by atoms with Crippen molar-refractivity contribution in [2.24, 2.45) is 5.92 Å². The molecule has 186 valence electrons. The Balaban J connectivity index is 1.93. The summed E-state index contributed by atoms with van der Waals surface area (Å²) in [6, 6.07) is 12.4. The number of carbonyl (C=O) groups excluding carboxylic acids is 1. The number of carbonyl (C=O) groups is 2. The van der Waals surface area contributed by atoms with Gasteiger partial charge in [0.2, 0.25) is 5.91 Å². The highest BCUT2D eigenvalue weighted by atomic mass is 16.5. The van der Waals surface area contributed by atoms with E-state index in [2.05, 4.69) is 5.32 Å². The Morgan fingerprint density at radius 3 is 2.12 bits per heavy atom. The SMILES string of the molecule is CNCc1ccc(OCCOc2cc(OCCN(C(=O)C(C)C)C(C)C)ccc2C(=O)O)cc1. The number of amides is 1. The molecule has 0 fully saturated rings.